The molecule has 0 saturated heterocycles. The second kappa shape index (κ2) is 11.6. The van der Waals surface area contributed by atoms with Crippen molar-refractivity contribution in [3.05, 3.63) is 101 Å². The Kier molecular flexibility index (Phi) is 8.56. The number of carbonyl (C=O) groups excluding carboxylic acids is 1. The number of nitrogens with zero attached hydrogens (tertiary/aromatic N) is 1. The molecule has 1 N–H and O–H groups in total. The first-order valence-electron chi connectivity index (χ1n) is 11.2. The fourth-order valence-electron chi connectivity index (χ4n) is 4.15. The number of nitrogens with one attached hydrogen (secondary N) is 1. The summed E-state index contributed by atoms with van der Waals surface area (Å²) in [6, 6.07) is 23.9. The summed E-state index contributed by atoms with van der Waals surface area (Å²) in [5.41, 5.74) is 6.79. The molecule has 0 aromatic heterocycles. The van der Waals surface area contributed by atoms with E-state index in [1.54, 1.807) is 31.4 Å². The minimum atomic E-state index is -0.119. The van der Waals surface area contributed by atoms with Crippen LogP contribution in [0.4, 0.5) is 5.69 Å². The molecule has 4 nitrogen and oxygen atoms in total. The van der Waals surface area contributed by atoms with Crippen LogP contribution in [-0.2, 0) is 12.8 Å². The molecule has 1 amide bonds. The van der Waals surface area contributed by atoms with E-state index in [0.717, 1.165) is 43.8 Å². The number of hydrogen-bond acceptors (Lipinski definition) is 3. The second-order valence-corrected chi connectivity index (χ2v) is 8.13. The molecule has 1 aliphatic carbocycles. The number of ether oxygens (including phenoxy) is 1. The number of rotatable bonds is 9. The van der Waals surface area contributed by atoms with Gasteiger partial charge in [-0.15, -0.1) is 12.4 Å². The van der Waals surface area contributed by atoms with Gasteiger partial charge in [0.2, 0.25) is 0 Å². The van der Waals surface area contributed by atoms with Crippen molar-refractivity contribution in [2.24, 2.45) is 0 Å². The first kappa shape index (κ1) is 24.4. The molecule has 0 atom stereocenters. The molecule has 172 valence electrons. The van der Waals surface area contributed by atoms with E-state index in [4.69, 9.17) is 4.74 Å². The lowest BCUT2D eigenvalue weighted by molar-refractivity contribution is 0.102. The van der Waals surface area contributed by atoms with Crippen molar-refractivity contribution in [3.63, 3.8) is 0 Å². The van der Waals surface area contributed by atoms with E-state index in [2.05, 4.69) is 59.6 Å². The van der Waals surface area contributed by atoms with Gasteiger partial charge in [0, 0.05) is 36.5 Å². The summed E-state index contributed by atoms with van der Waals surface area (Å²) in [6.07, 6.45) is 5.39. The largest absolute Gasteiger partial charge is 0.497 e. The number of allylic oxidation sites excluding steroid dienone is 1. The Morgan fingerprint density at radius 2 is 1.79 bits per heavy atom. The Bertz CT molecular complexity index is 1110. The molecule has 0 fully saturated rings. The van der Waals surface area contributed by atoms with E-state index in [1.165, 1.54) is 22.4 Å². The zero-order chi connectivity index (χ0) is 22.3. The van der Waals surface area contributed by atoms with Gasteiger partial charge < -0.3 is 15.0 Å². The van der Waals surface area contributed by atoms with Gasteiger partial charge in [-0.05, 0) is 72.0 Å². The summed E-state index contributed by atoms with van der Waals surface area (Å²) in [5, 5.41) is 3.01. The number of carbonyl (C=O) groups is 1. The molecule has 0 heterocycles. The summed E-state index contributed by atoms with van der Waals surface area (Å²) in [4.78, 5) is 15.1. The number of hydrogen-bond donors (Lipinski definition) is 1. The number of methoxy groups -OCH3 is 1. The third-order valence-corrected chi connectivity index (χ3v) is 5.86. The molecule has 4 rings (SSSR count). The molecule has 33 heavy (non-hydrogen) atoms. The summed E-state index contributed by atoms with van der Waals surface area (Å²) in [5.74, 6) is 0.618. The highest BCUT2D eigenvalue weighted by atomic mass is 35.5. The van der Waals surface area contributed by atoms with Gasteiger partial charge in [0.15, 0.2) is 0 Å². The van der Waals surface area contributed by atoms with E-state index in [9.17, 15) is 4.79 Å². The van der Waals surface area contributed by atoms with Crippen LogP contribution in [-0.4, -0.2) is 31.0 Å². The van der Waals surface area contributed by atoms with Crippen LogP contribution in [0.25, 0.3) is 6.08 Å². The first-order valence-corrected chi connectivity index (χ1v) is 11.2. The smallest absolute Gasteiger partial charge is 0.255 e. The van der Waals surface area contributed by atoms with Crippen LogP contribution >= 0.6 is 12.4 Å². The minimum absolute atomic E-state index is 0. The third kappa shape index (κ3) is 6.17. The zero-order valence-corrected chi connectivity index (χ0v) is 20.0. The number of halogens is 1. The highest BCUT2D eigenvalue weighted by molar-refractivity contribution is 6.04. The van der Waals surface area contributed by atoms with Crippen molar-refractivity contribution in [2.75, 3.05) is 25.5 Å². The Hall–Kier alpha value is -3.24. The normalized spacial score (nSPS) is 11.8. The van der Waals surface area contributed by atoms with E-state index in [0.29, 0.717) is 5.56 Å². The predicted octanol–water partition coefficient (Wildman–Crippen LogP) is 6.22. The van der Waals surface area contributed by atoms with Gasteiger partial charge in [-0.2, -0.15) is 0 Å². The lowest BCUT2D eigenvalue weighted by Gasteiger charge is -2.26. The maximum Gasteiger partial charge on any atom is 0.255 e. The topological polar surface area (TPSA) is 41.6 Å². The van der Waals surface area contributed by atoms with Crippen molar-refractivity contribution in [1.82, 2.24) is 4.90 Å². The fraction of sp³-hybridized carbons (Fsp3) is 0.250. The van der Waals surface area contributed by atoms with Gasteiger partial charge in [0.25, 0.3) is 5.91 Å². The van der Waals surface area contributed by atoms with Crippen molar-refractivity contribution in [2.45, 2.75) is 26.2 Å². The molecule has 0 spiro atoms. The van der Waals surface area contributed by atoms with Crippen LogP contribution in [0.15, 0.2) is 78.5 Å². The Morgan fingerprint density at radius 3 is 2.52 bits per heavy atom. The molecular formula is C28H31ClN2O2. The number of fused-ring (bicyclic) bond motifs is 1. The second-order valence-electron chi connectivity index (χ2n) is 8.13. The standard InChI is InChI=1S/C28H30N2O2.ClH/c1-3-16-30(26-19-23-8-4-5-9-24(23)20-26)17-15-21-7-6-10-25(18-21)29-28(31)22-11-13-27(32-2)14-12-22;/h4-14,18-19H,3,15-17,20H2,1-2H3,(H,29,31);1H. The summed E-state index contributed by atoms with van der Waals surface area (Å²) < 4.78 is 5.16. The van der Waals surface area contributed by atoms with Gasteiger partial charge in [0.05, 0.1) is 7.11 Å². The average molecular weight is 463 g/mol. The van der Waals surface area contributed by atoms with E-state index in [-0.39, 0.29) is 18.3 Å². The number of amides is 1. The molecule has 1 aliphatic rings. The van der Waals surface area contributed by atoms with Crippen LogP contribution < -0.4 is 10.1 Å². The maximum atomic E-state index is 12.6. The van der Waals surface area contributed by atoms with Gasteiger partial charge in [-0.25, -0.2) is 0 Å². The molecule has 3 aromatic rings. The number of benzene rings is 3. The summed E-state index contributed by atoms with van der Waals surface area (Å²) in [7, 11) is 1.62. The van der Waals surface area contributed by atoms with Crippen molar-refractivity contribution in [3.8, 4) is 5.75 Å². The molecule has 0 radical (unpaired) electrons. The predicted molar refractivity (Wildman–Crippen MR) is 138 cm³/mol. The van der Waals surface area contributed by atoms with Gasteiger partial charge in [-0.1, -0.05) is 43.3 Å². The lowest BCUT2D eigenvalue weighted by atomic mass is 10.1. The van der Waals surface area contributed by atoms with Crippen LogP contribution in [0.3, 0.4) is 0 Å². The van der Waals surface area contributed by atoms with Gasteiger partial charge in [0.1, 0.15) is 5.75 Å². The van der Waals surface area contributed by atoms with E-state index < -0.39 is 0 Å². The van der Waals surface area contributed by atoms with Crippen molar-refractivity contribution >= 4 is 30.1 Å². The quantitative estimate of drug-likeness (QED) is 0.410. The molecule has 0 aliphatic heterocycles. The van der Waals surface area contributed by atoms with E-state index in [1.807, 2.05) is 12.1 Å². The highest BCUT2D eigenvalue weighted by Crippen LogP contribution is 2.27. The Labute approximate surface area is 202 Å². The van der Waals surface area contributed by atoms with Crippen molar-refractivity contribution < 1.29 is 9.53 Å². The monoisotopic (exact) mass is 462 g/mol. The highest BCUT2D eigenvalue weighted by Gasteiger charge is 2.17. The van der Waals surface area contributed by atoms with Gasteiger partial charge >= 0.3 is 0 Å². The zero-order valence-electron chi connectivity index (χ0n) is 19.2. The molecule has 0 bridgehead atoms. The maximum absolute atomic E-state index is 12.6. The molecule has 5 heteroatoms. The third-order valence-electron chi connectivity index (χ3n) is 5.86. The minimum Gasteiger partial charge on any atom is -0.497 e. The molecule has 3 aromatic carbocycles. The van der Waals surface area contributed by atoms with Crippen LogP contribution in [0.1, 0.15) is 40.4 Å². The Morgan fingerprint density at radius 1 is 1.00 bits per heavy atom. The SMILES string of the molecule is CCCN(CCc1cccc(NC(=O)c2ccc(OC)cc2)c1)C1=Cc2ccccc2C1.Cl. The summed E-state index contributed by atoms with van der Waals surface area (Å²) in [6.45, 7) is 4.24. The van der Waals surface area contributed by atoms with Crippen molar-refractivity contribution in [1.29, 1.82) is 0 Å². The number of anilines is 1. The van der Waals surface area contributed by atoms with Crippen LogP contribution in [0.2, 0.25) is 0 Å². The molecule has 0 unspecified atom stereocenters. The first-order chi connectivity index (χ1) is 15.7. The Balaban J connectivity index is 0.00000306. The van der Waals surface area contributed by atoms with Gasteiger partial charge in [-0.3, -0.25) is 4.79 Å². The van der Waals surface area contributed by atoms with Crippen LogP contribution in [0, 0.1) is 0 Å². The molecular weight excluding hydrogens is 432 g/mol. The molecule has 0 saturated carbocycles. The average Bonchev–Trinajstić information content (AvgIpc) is 3.26. The van der Waals surface area contributed by atoms with E-state index >= 15 is 0 Å². The summed E-state index contributed by atoms with van der Waals surface area (Å²) >= 11 is 0. The van der Waals surface area contributed by atoms with Crippen LogP contribution in [0.5, 0.6) is 5.75 Å². The fourth-order valence-corrected chi connectivity index (χ4v) is 4.15. The lowest BCUT2D eigenvalue weighted by Crippen LogP contribution is -2.26.